The van der Waals surface area contributed by atoms with Gasteiger partial charge in [-0.15, -0.1) is 0 Å². The molecular weight excluding hydrogens is 294 g/mol. The minimum atomic E-state index is -0.830. The first kappa shape index (κ1) is 15.6. The van der Waals surface area contributed by atoms with Crippen LogP contribution in [0.2, 0.25) is 0 Å². The van der Waals surface area contributed by atoms with Crippen LogP contribution >= 0.6 is 0 Å². The van der Waals surface area contributed by atoms with E-state index in [4.69, 9.17) is 0 Å². The van der Waals surface area contributed by atoms with Crippen LogP contribution in [0.3, 0.4) is 0 Å². The van der Waals surface area contributed by atoms with Crippen LogP contribution < -0.4 is 10.2 Å². The highest BCUT2D eigenvalue weighted by Crippen LogP contribution is 2.30. The molecule has 1 aromatic rings. The molecular formula is C17H23N3O3. The number of nitrogens with one attached hydrogen (secondary N) is 1. The lowest BCUT2D eigenvalue weighted by Crippen LogP contribution is -2.46. The maximum absolute atomic E-state index is 12.4. The second-order valence-corrected chi connectivity index (χ2v) is 6.75. The van der Waals surface area contributed by atoms with Crippen molar-refractivity contribution in [1.29, 1.82) is 0 Å². The number of carboxylic acids is 1. The Labute approximate surface area is 136 Å². The van der Waals surface area contributed by atoms with Gasteiger partial charge in [-0.05, 0) is 31.9 Å². The van der Waals surface area contributed by atoms with Gasteiger partial charge in [0.2, 0.25) is 0 Å². The van der Waals surface area contributed by atoms with Crippen molar-refractivity contribution in [1.82, 2.24) is 10.2 Å². The first-order chi connectivity index (χ1) is 11.0. The molecule has 0 spiro atoms. The second-order valence-electron chi connectivity index (χ2n) is 6.75. The van der Waals surface area contributed by atoms with E-state index in [1.165, 1.54) is 5.69 Å². The van der Waals surface area contributed by atoms with Crippen molar-refractivity contribution in [3.05, 3.63) is 30.3 Å². The molecule has 0 aliphatic carbocycles. The molecule has 2 fully saturated rings. The van der Waals surface area contributed by atoms with Gasteiger partial charge in [0, 0.05) is 37.9 Å². The Bertz CT molecular complexity index is 592. The van der Waals surface area contributed by atoms with Crippen LogP contribution in [0.25, 0.3) is 0 Å². The van der Waals surface area contributed by atoms with Gasteiger partial charge in [0.15, 0.2) is 0 Å². The summed E-state index contributed by atoms with van der Waals surface area (Å²) in [7, 11) is 0. The van der Waals surface area contributed by atoms with E-state index in [0.717, 1.165) is 19.5 Å². The summed E-state index contributed by atoms with van der Waals surface area (Å²) < 4.78 is 0. The molecule has 0 aromatic heterocycles. The highest BCUT2D eigenvalue weighted by atomic mass is 16.4. The van der Waals surface area contributed by atoms with E-state index in [2.05, 4.69) is 22.3 Å². The highest BCUT2D eigenvalue weighted by molar-refractivity contribution is 5.79. The number of rotatable bonds is 3. The molecule has 0 saturated carbocycles. The van der Waals surface area contributed by atoms with Crippen molar-refractivity contribution >= 4 is 17.7 Å². The molecule has 2 atom stereocenters. The zero-order valence-electron chi connectivity index (χ0n) is 13.4. The number of anilines is 1. The first-order valence-electron chi connectivity index (χ1n) is 8.07. The quantitative estimate of drug-likeness (QED) is 0.891. The number of hydrogen-bond acceptors (Lipinski definition) is 3. The number of carboxylic acid groups (broad SMARTS) is 1. The number of benzene rings is 1. The van der Waals surface area contributed by atoms with Crippen molar-refractivity contribution < 1.29 is 14.7 Å². The Morgan fingerprint density at radius 3 is 2.65 bits per heavy atom. The van der Waals surface area contributed by atoms with Crippen LogP contribution in [0.4, 0.5) is 10.5 Å². The molecule has 124 valence electrons. The third-order valence-electron chi connectivity index (χ3n) is 4.91. The van der Waals surface area contributed by atoms with Crippen LogP contribution in [-0.4, -0.2) is 54.2 Å². The molecule has 0 bridgehead atoms. The highest BCUT2D eigenvalue weighted by Gasteiger charge is 2.42. The summed E-state index contributed by atoms with van der Waals surface area (Å²) in [4.78, 5) is 27.5. The molecule has 1 aromatic carbocycles. The summed E-state index contributed by atoms with van der Waals surface area (Å²) in [6.07, 6.45) is 1.42. The number of aliphatic carboxylic acids is 1. The lowest BCUT2D eigenvalue weighted by molar-refractivity contribution is -0.146. The summed E-state index contributed by atoms with van der Waals surface area (Å²) >= 11 is 0. The smallest absolute Gasteiger partial charge is 0.317 e. The lowest BCUT2D eigenvalue weighted by atomic mass is 9.90. The van der Waals surface area contributed by atoms with Crippen molar-refractivity contribution in [2.45, 2.75) is 25.8 Å². The third-order valence-corrected chi connectivity index (χ3v) is 4.91. The SMILES string of the molecule is CC1(C(=O)O)CCN(C(=O)NC2CCN(c3ccccc3)C2)C1. The Morgan fingerprint density at radius 2 is 2.00 bits per heavy atom. The van der Waals surface area contributed by atoms with Gasteiger partial charge >= 0.3 is 12.0 Å². The van der Waals surface area contributed by atoms with Crippen molar-refractivity contribution in [2.24, 2.45) is 5.41 Å². The molecule has 3 rings (SSSR count). The van der Waals surface area contributed by atoms with E-state index in [0.29, 0.717) is 13.0 Å². The molecule has 2 saturated heterocycles. The lowest BCUT2D eigenvalue weighted by Gasteiger charge is -2.23. The Kier molecular flexibility index (Phi) is 4.15. The fraction of sp³-hybridized carbons (Fsp3) is 0.529. The molecule has 2 unspecified atom stereocenters. The molecule has 2 aliphatic rings. The second kappa shape index (κ2) is 6.10. The summed E-state index contributed by atoms with van der Waals surface area (Å²) in [5, 5.41) is 12.3. The molecule has 6 heteroatoms. The maximum atomic E-state index is 12.4. The first-order valence-corrected chi connectivity index (χ1v) is 8.07. The van der Waals surface area contributed by atoms with Gasteiger partial charge in [0.05, 0.1) is 5.41 Å². The third kappa shape index (κ3) is 3.25. The zero-order valence-corrected chi connectivity index (χ0v) is 13.4. The van der Waals surface area contributed by atoms with E-state index in [1.807, 2.05) is 18.2 Å². The molecule has 2 aliphatic heterocycles. The summed E-state index contributed by atoms with van der Waals surface area (Å²) in [6.45, 7) is 4.20. The number of para-hydroxylation sites is 1. The topological polar surface area (TPSA) is 72.9 Å². The van der Waals surface area contributed by atoms with Crippen LogP contribution in [-0.2, 0) is 4.79 Å². The van der Waals surface area contributed by atoms with Crippen LogP contribution in [0.15, 0.2) is 30.3 Å². The average molecular weight is 317 g/mol. The van der Waals surface area contributed by atoms with E-state index >= 15 is 0 Å². The van der Waals surface area contributed by atoms with Gasteiger partial charge < -0.3 is 20.2 Å². The van der Waals surface area contributed by atoms with Gasteiger partial charge in [-0.2, -0.15) is 0 Å². The molecule has 2 heterocycles. The number of amides is 2. The number of urea groups is 1. The Balaban J connectivity index is 1.53. The van der Waals surface area contributed by atoms with Crippen molar-refractivity contribution in [3.63, 3.8) is 0 Å². The maximum Gasteiger partial charge on any atom is 0.317 e. The summed E-state index contributed by atoms with van der Waals surface area (Å²) in [5.74, 6) is -0.830. The van der Waals surface area contributed by atoms with Gasteiger partial charge in [-0.25, -0.2) is 4.79 Å². The molecule has 23 heavy (non-hydrogen) atoms. The predicted molar refractivity (Wildman–Crippen MR) is 87.5 cm³/mol. The van der Waals surface area contributed by atoms with E-state index in [9.17, 15) is 14.7 Å². The Morgan fingerprint density at radius 1 is 1.26 bits per heavy atom. The number of hydrogen-bond donors (Lipinski definition) is 2. The van der Waals surface area contributed by atoms with Gasteiger partial charge in [-0.1, -0.05) is 18.2 Å². The van der Waals surface area contributed by atoms with E-state index in [-0.39, 0.29) is 18.6 Å². The van der Waals surface area contributed by atoms with Gasteiger partial charge in [0.1, 0.15) is 0 Å². The molecule has 2 N–H and O–H groups in total. The van der Waals surface area contributed by atoms with Crippen LogP contribution in [0.1, 0.15) is 19.8 Å². The largest absolute Gasteiger partial charge is 0.481 e. The monoisotopic (exact) mass is 317 g/mol. The van der Waals surface area contributed by atoms with Gasteiger partial charge in [-0.3, -0.25) is 4.79 Å². The van der Waals surface area contributed by atoms with E-state index < -0.39 is 11.4 Å². The van der Waals surface area contributed by atoms with Gasteiger partial charge in [0.25, 0.3) is 0 Å². The Hall–Kier alpha value is -2.24. The van der Waals surface area contributed by atoms with Crippen molar-refractivity contribution in [3.8, 4) is 0 Å². The number of likely N-dealkylation sites (tertiary alicyclic amines) is 1. The average Bonchev–Trinajstić information content (AvgIpc) is 3.16. The molecule has 0 radical (unpaired) electrons. The summed E-state index contributed by atoms with van der Waals surface area (Å²) in [5.41, 5.74) is 0.354. The minimum absolute atomic E-state index is 0.111. The van der Waals surface area contributed by atoms with Crippen molar-refractivity contribution in [2.75, 3.05) is 31.1 Å². The fourth-order valence-corrected chi connectivity index (χ4v) is 3.33. The van der Waals surface area contributed by atoms with E-state index in [1.54, 1.807) is 11.8 Å². The number of carbonyl (C=O) groups excluding carboxylic acids is 1. The molecule has 6 nitrogen and oxygen atoms in total. The standard InChI is InChI=1S/C17H23N3O3/c1-17(15(21)22)8-10-20(12-17)16(23)18-13-7-9-19(11-13)14-5-3-2-4-6-14/h2-6,13H,7-12H2,1H3,(H,18,23)(H,21,22). The predicted octanol–water partition coefficient (Wildman–Crippen LogP) is 1.77. The molecule has 2 amide bonds. The number of carbonyl (C=O) groups is 2. The fourth-order valence-electron chi connectivity index (χ4n) is 3.33. The zero-order chi connectivity index (χ0) is 16.4. The normalized spacial score (nSPS) is 27.3. The van der Waals surface area contributed by atoms with Crippen LogP contribution in [0, 0.1) is 5.41 Å². The van der Waals surface area contributed by atoms with Crippen LogP contribution in [0.5, 0.6) is 0 Å². The minimum Gasteiger partial charge on any atom is -0.481 e. The number of nitrogens with zero attached hydrogens (tertiary/aromatic N) is 2. The summed E-state index contributed by atoms with van der Waals surface area (Å²) in [6, 6.07) is 10.1.